The number of esters is 1. The summed E-state index contributed by atoms with van der Waals surface area (Å²) in [5.74, 6) is -0.273. The van der Waals surface area contributed by atoms with Crippen LogP contribution in [-0.2, 0) is 28.9 Å². The average molecular weight is 307 g/mol. The van der Waals surface area contributed by atoms with Crippen LogP contribution in [0, 0.1) is 0 Å². The molecule has 1 aliphatic rings. The van der Waals surface area contributed by atoms with E-state index in [-0.39, 0.29) is 17.9 Å². The van der Waals surface area contributed by atoms with Crippen molar-refractivity contribution >= 4 is 27.5 Å². The van der Waals surface area contributed by atoms with E-state index in [0.717, 1.165) is 29.5 Å². The second-order valence-electron chi connectivity index (χ2n) is 5.19. The second kappa shape index (κ2) is 5.93. The van der Waals surface area contributed by atoms with E-state index in [9.17, 15) is 9.59 Å². The largest absolute Gasteiger partial charge is 0.469 e. The molecule has 2 heterocycles. The van der Waals surface area contributed by atoms with Crippen molar-refractivity contribution in [3.8, 4) is 0 Å². The SMILES string of the molecule is COC(=O)CCCn1nnc2sc3c(c2c1=O)CCCC3. The van der Waals surface area contributed by atoms with Gasteiger partial charge in [0.05, 0.1) is 12.5 Å². The zero-order chi connectivity index (χ0) is 14.8. The van der Waals surface area contributed by atoms with E-state index in [1.165, 1.54) is 28.7 Å². The first kappa shape index (κ1) is 14.2. The summed E-state index contributed by atoms with van der Waals surface area (Å²) >= 11 is 1.59. The molecule has 0 saturated carbocycles. The minimum Gasteiger partial charge on any atom is -0.469 e. The van der Waals surface area contributed by atoms with Gasteiger partial charge in [0.25, 0.3) is 5.56 Å². The quantitative estimate of drug-likeness (QED) is 0.804. The van der Waals surface area contributed by atoms with Gasteiger partial charge in [-0.3, -0.25) is 9.59 Å². The summed E-state index contributed by atoms with van der Waals surface area (Å²) in [5.41, 5.74) is 1.09. The van der Waals surface area contributed by atoms with Crippen molar-refractivity contribution in [1.82, 2.24) is 15.0 Å². The molecule has 0 radical (unpaired) electrons. The van der Waals surface area contributed by atoms with Crippen LogP contribution in [0.3, 0.4) is 0 Å². The topological polar surface area (TPSA) is 74.1 Å². The van der Waals surface area contributed by atoms with Crippen molar-refractivity contribution < 1.29 is 9.53 Å². The Morgan fingerprint density at radius 1 is 1.38 bits per heavy atom. The van der Waals surface area contributed by atoms with Gasteiger partial charge < -0.3 is 4.74 Å². The Bertz CT molecular complexity index is 735. The van der Waals surface area contributed by atoms with Gasteiger partial charge in [-0.15, -0.1) is 16.4 Å². The molecule has 0 atom stereocenters. The molecule has 1 aliphatic carbocycles. The molecule has 2 aromatic heterocycles. The summed E-state index contributed by atoms with van der Waals surface area (Å²) in [7, 11) is 1.36. The molecule has 21 heavy (non-hydrogen) atoms. The normalized spacial score (nSPS) is 14.1. The van der Waals surface area contributed by atoms with Gasteiger partial charge in [-0.25, -0.2) is 4.68 Å². The lowest BCUT2D eigenvalue weighted by Gasteiger charge is -2.10. The number of ether oxygens (including phenoxy) is 1. The smallest absolute Gasteiger partial charge is 0.305 e. The summed E-state index contributed by atoms with van der Waals surface area (Å²) in [6.07, 6.45) is 5.11. The van der Waals surface area contributed by atoms with Crippen LogP contribution in [-0.4, -0.2) is 28.1 Å². The van der Waals surface area contributed by atoms with Crippen molar-refractivity contribution in [1.29, 1.82) is 0 Å². The molecule has 7 heteroatoms. The zero-order valence-corrected chi connectivity index (χ0v) is 12.7. The van der Waals surface area contributed by atoms with Crippen LogP contribution in [0.5, 0.6) is 0 Å². The highest BCUT2D eigenvalue weighted by molar-refractivity contribution is 7.18. The van der Waals surface area contributed by atoms with Crippen LogP contribution >= 0.6 is 11.3 Å². The van der Waals surface area contributed by atoms with Crippen molar-refractivity contribution in [2.75, 3.05) is 7.11 Å². The molecule has 2 aromatic rings. The van der Waals surface area contributed by atoms with Gasteiger partial charge in [-0.2, -0.15) is 0 Å². The van der Waals surface area contributed by atoms with E-state index in [2.05, 4.69) is 15.0 Å². The summed E-state index contributed by atoms with van der Waals surface area (Å²) in [5, 5.41) is 8.90. The van der Waals surface area contributed by atoms with Gasteiger partial charge in [0.1, 0.15) is 0 Å². The lowest BCUT2D eigenvalue weighted by molar-refractivity contribution is -0.140. The third kappa shape index (κ3) is 2.70. The van der Waals surface area contributed by atoms with Crippen LogP contribution in [0.15, 0.2) is 4.79 Å². The van der Waals surface area contributed by atoms with Crippen LogP contribution in [0.4, 0.5) is 0 Å². The zero-order valence-electron chi connectivity index (χ0n) is 11.9. The lowest BCUT2D eigenvalue weighted by Crippen LogP contribution is -2.25. The number of fused-ring (bicyclic) bond motifs is 3. The number of carbonyl (C=O) groups excluding carboxylic acids is 1. The first-order valence-corrected chi connectivity index (χ1v) is 7.97. The molecule has 0 fully saturated rings. The van der Waals surface area contributed by atoms with Crippen LogP contribution in [0.2, 0.25) is 0 Å². The highest BCUT2D eigenvalue weighted by atomic mass is 32.1. The van der Waals surface area contributed by atoms with E-state index in [4.69, 9.17) is 0 Å². The van der Waals surface area contributed by atoms with Gasteiger partial charge in [0, 0.05) is 17.8 Å². The van der Waals surface area contributed by atoms with Gasteiger partial charge in [-0.05, 0) is 37.7 Å². The predicted molar refractivity (Wildman–Crippen MR) is 79.6 cm³/mol. The highest BCUT2D eigenvalue weighted by Gasteiger charge is 2.20. The first-order valence-electron chi connectivity index (χ1n) is 7.15. The minimum atomic E-state index is -0.273. The molecule has 0 saturated heterocycles. The summed E-state index contributed by atoms with van der Waals surface area (Å²) in [4.78, 5) is 25.7. The number of aromatic nitrogens is 3. The number of aryl methyl sites for hydroxylation is 3. The fourth-order valence-corrected chi connectivity index (χ4v) is 3.93. The molecule has 0 spiro atoms. The third-order valence-corrected chi connectivity index (χ3v) is 5.00. The van der Waals surface area contributed by atoms with Gasteiger partial charge in [0.15, 0.2) is 4.83 Å². The molecule has 3 rings (SSSR count). The Balaban J connectivity index is 1.89. The van der Waals surface area contributed by atoms with Crippen molar-refractivity contribution in [3.63, 3.8) is 0 Å². The second-order valence-corrected chi connectivity index (χ2v) is 6.27. The van der Waals surface area contributed by atoms with E-state index < -0.39 is 0 Å². The number of thiophene rings is 1. The highest BCUT2D eigenvalue weighted by Crippen LogP contribution is 2.33. The lowest BCUT2D eigenvalue weighted by atomic mass is 9.97. The molecule has 6 nitrogen and oxygen atoms in total. The molecular formula is C14H17N3O3S. The van der Waals surface area contributed by atoms with Crippen molar-refractivity contribution in [2.45, 2.75) is 45.1 Å². The van der Waals surface area contributed by atoms with Gasteiger partial charge >= 0.3 is 5.97 Å². The maximum absolute atomic E-state index is 12.6. The molecule has 0 unspecified atom stereocenters. The standard InChI is InChI=1S/C14H17N3O3S/c1-20-11(18)7-4-8-17-14(19)12-9-5-2-3-6-10(9)21-13(12)15-16-17/h2-8H2,1H3. The molecule has 0 aromatic carbocycles. The number of carbonyl (C=O) groups is 1. The number of rotatable bonds is 4. The number of methoxy groups -OCH3 is 1. The van der Waals surface area contributed by atoms with Crippen LogP contribution in [0.1, 0.15) is 36.1 Å². The van der Waals surface area contributed by atoms with E-state index in [0.29, 0.717) is 13.0 Å². The fraction of sp³-hybridized carbons (Fsp3) is 0.571. The van der Waals surface area contributed by atoms with E-state index in [1.807, 2.05) is 0 Å². The Morgan fingerprint density at radius 2 is 2.19 bits per heavy atom. The third-order valence-electron chi connectivity index (χ3n) is 3.82. The van der Waals surface area contributed by atoms with Crippen molar-refractivity contribution in [2.24, 2.45) is 0 Å². The molecule has 0 bridgehead atoms. The number of nitrogens with zero attached hydrogens (tertiary/aromatic N) is 3. The Kier molecular flexibility index (Phi) is 4.01. The summed E-state index contributed by atoms with van der Waals surface area (Å²) in [6, 6.07) is 0. The number of hydrogen-bond donors (Lipinski definition) is 0. The van der Waals surface area contributed by atoms with Crippen LogP contribution < -0.4 is 5.56 Å². The Labute approximate surface area is 125 Å². The van der Waals surface area contributed by atoms with Gasteiger partial charge in [-0.1, -0.05) is 5.21 Å². The van der Waals surface area contributed by atoms with Crippen molar-refractivity contribution in [3.05, 3.63) is 20.8 Å². The molecular weight excluding hydrogens is 290 g/mol. The Morgan fingerprint density at radius 3 is 3.00 bits per heavy atom. The molecule has 0 N–H and O–H groups in total. The predicted octanol–water partition coefficient (Wildman–Crippen LogP) is 1.68. The fourth-order valence-electron chi connectivity index (χ4n) is 2.73. The number of hydrogen-bond acceptors (Lipinski definition) is 6. The molecule has 0 aliphatic heterocycles. The molecule has 112 valence electrons. The maximum Gasteiger partial charge on any atom is 0.305 e. The summed E-state index contributed by atoms with van der Waals surface area (Å²) < 4.78 is 5.96. The maximum atomic E-state index is 12.6. The van der Waals surface area contributed by atoms with E-state index in [1.54, 1.807) is 11.3 Å². The average Bonchev–Trinajstić information content (AvgIpc) is 2.88. The minimum absolute atomic E-state index is 0.0794. The van der Waals surface area contributed by atoms with Crippen LogP contribution in [0.25, 0.3) is 10.2 Å². The monoisotopic (exact) mass is 307 g/mol. The first-order chi connectivity index (χ1) is 10.2. The molecule has 0 amide bonds. The Hall–Kier alpha value is -1.76. The summed E-state index contributed by atoms with van der Waals surface area (Å²) in [6.45, 7) is 0.390. The van der Waals surface area contributed by atoms with E-state index >= 15 is 0 Å². The van der Waals surface area contributed by atoms with Gasteiger partial charge in [0.2, 0.25) is 0 Å².